The van der Waals surface area contributed by atoms with Crippen molar-refractivity contribution in [2.45, 2.75) is 39.0 Å². The van der Waals surface area contributed by atoms with E-state index in [2.05, 4.69) is 11.9 Å². The molecule has 1 atom stereocenters. The summed E-state index contributed by atoms with van der Waals surface area (Å²) in [6.45, 7) is 9.44. The normalized spacial score (nSPS) is 11.7. The van der Waals surface area contributed by atoms with Crippen LogP contribution in [0.15, 0.2) is 66.9 Å². The zero-order chi connectivity index (χ0) is 25.3. The van der Waals surface area contributed by atoms with E-state index in [1.807, 2.05) is 30.3 Å². The second-order valence-corrected chi connectivity index (χ2v) is 8.62. The lowest BCUT2D eigenvalue weighted by Gasteiger charge is -2.29. The molecule has 0 saturated carbocycles. The van der Waals surface area contributed by atoms with E-state index in [-0.39, 0.29) is 13.1 Å². The second-order valence-electron chi connectivity index (χ2n) is 8.62. The Bertz CT molecular complexity index is 996. The quantitative estimate of drug-likeness (QED) is 0.437. The van der Waals surface area contributed by atoms with E-state index in [4.69, 9.17) is 14.2 Å². The van der Waals surface area contributed by atoms with Crippen LogP contribution in [0, 0.1) is 0 Å². The standard InChI is InChI=1S/C26H32N2O6/c1-18(32-5)16-28(17-19-10-8-7-9-11-19)23(29)22(27-25(31)34-26(2,3)4)20-12-14-21(15-13-20)24(30)33-6/h7-15,22H,1,16-17H2,2-6H3,(H,27,31). The van der Waals surface area contributed by atoms with Crippen molar-refractivity contribution in [1.29, 1.82) is 0 Å². The number of hydrogen-bond donors (Lipinski definition) is 1. The maximum absolute atomic E-state index is 13.7. The third kappa shape index (κ3) is 7.95. The van der Waals surface area contributed by atoms with Crippen LogP contribution in [-0.2, 0) is 25.5 Å². The number of carbonyl (C=O) groups is 3. The molecule has 0 spiro atoms. The van der Waals surface area contributed by atoms with Crippen LogP contribution in [0.4, 0.5) is 4.79 Å². The molecular formula is C26H32N2O6. The SMILES string of the molecule is C=C(CN(Cc1ccccc1)C(=O)C(NC(=O)OC(C)(C)C)c1ccc(C(=O)OC)cc1)OC. The van der Waals surface area contributed by atoms with Crippen LogP contribution in [0.3, 0.4) is 0 Å². The van der Waals surface area contributed by atoms with Gasteiger partial charge in [-0.3, -0.25) is 4.79 Å². The van der Waals surface area contributed by atoms with Crippen LogP contribution >= 0.6 is 0 Å². The van der Waals surface area contributed by atoms with Gasteiger partial charge in [0.15, 0.2) is 0 Å². The van der Waals surface area contributed by atoms with E-state index in [0.29, 0.717) is 16.9 Å². The Hall–Kier alpha value is -3.81. The van der Waals surface area contributed by atoms with Crippen molar-refractivity contribution in [3.63, 3.8) is 0 Å². The van der Waals surface area contributed by atoms with Crippen LogP contribution in [-0.4, -0.2) is 49.2 Å². The molecule has 34 heavy (non-hydrogen) atoms. The fourth-order valence-electron chi connectivity index (χ4n) is 3.12. The first-order chi connectivity index (χ1) is 16.0. The van der Waals surface area contributed by atoms with Gasteiger partial charge in [-0.15, -0.1) is 0 Å². The Kier molecular flexibility index (Phi) is 9.24. The second kappa shape index (κ2) is 11.9. The first kappa shape index (κ1) is 26.4. The van der Waals surface area contributed by atoms with Gasteiger partial charge in [-0.1, -0.05) is 49.0 Å². The topological polar surface area (TPSA) is 94.2 Å². The van der Waals surface area contributed by atoms with E-state index in [1.54, 1.807) is 32.9 Å². The Morgan fingerprint density at radius 1 is 0.971 bits per heavy atom. The van der Waals surface area contributed by atoms with Crippen molar-refractivity contribution in [3.8, 4) is 0 Å². The zero-order valence-corrected chi connectivity index (χ0v) is 20.3. The number of carbonyl (C=O) groups excluding carboxylic acids is 3. The van der Waals surface area contributed by atoms with E-state index in [1.165, 1.54) is 31.3 Å². The van der Waals surface area contributed by atoms with Crippen LogP contribution in [0.25, 0.3) is 0 Å². The highest BCUT2D eigenvalue weighted by Gasteiger charge is 2.30. The predicted molar refractivity (Wildman–Crippen MR) is 128 cm³/mol. The molecule has 0 fully saturated rings. The number of ether oxygens (including phenoxy) is 3. The molecule has 8 heteroatoms. The maximum atomic E-state index is 13.7. The number of esters is 1. The summed E-state index contributed by atoms with van der Waals surface area (Å²) < 4.78 is 15.3. The zero-order valence-electron chi connectivity index (χ0n) is 20.3. The minimum Gasteiger partial charge on any atom is -0.500 e. The van der Waals surface area contributed by atoms with Gasteiger partial charge < -0.3 is 24.4 Å². The highest BCUT2D eigenvalue weighted by atomic mass is 16.6. The van der Waals surface area contributed by atoms with Crippen molar-refractivity contribution >= 4 is 18.0 Å². The molecule has 2 aromatic carbocycles. The van der Waals surface area contributed by atoms with E-state index >= 15 is 0 Å². The number of rotatable bonds is 9. The highest BCUT2D eigenvalue weighted by molar-refractivity contribution is 5.90. The molecule has 2 rings (SSSR count). The molecule has 1 unspecified atom stereocenters. The van der Waals surface area contributed by atoms with Crippen molar-refractivity contribution in [2.24, 2.45) is 0 Å². The lowest BCUT2D eigenvalue weighted by Crippen LogP contribution is -2.44. The smallest absolute Gasteiger partial charge is 0.408 e. The fourth-order valence-corrected chi connectivity index (χ4v) is 3.12. The fraction of sp³-hybridized carbons (Fsp3) is 0.346. The van der Waals surface area contributed by atoms with Gasteiger partial charge in [-0.25, -0.2) is 9.59 Å². The third-order valence-corrected chi connectivity index (χ3v) is 4.76. The summed E-state index contributed by atoms with van der Waals surface area (Å²) in [5, 5.41) is 2.67. The summed E-state index contributed by atoms with van der Waals surface area (Å²) in [7, 11) is 2.77. The van der Waals surface area contributed by atoms with Crippen molar-refractivity contribution in [2.75, 3.05) is 20.8 Å². The van der Waals surface area contributed by atoms with Gasteiger partial charge in [0, 0.05) is 6.54 Å². The Balaban J connectivity index is 2.41. The van der Waals surface area contributed by atoms with Crippen molar-refractivity contribution in [3.05, 3.63) is 83.6 Å². The Labute approximate surface area is 200 Å². The first-order valence-corrected chi connectivity index (χ1v) is 10.8. The Morgan fingerprint density at radius 2 is 1.59 bits per heavy atom. The molecule has 2 aromatic rings. The predicted octanol–water partition coefficient (Wildman–Crippen LogP) is 4.23. The minimum atomic E-state index is -1.07. The van der Waals surface area contributed by atoms with Gasteiger partial charge in [0.25, 0.3) is 5.91 Å². The van der Waals surface area contributed by atoms with Gasteiger partial charge in [0.2, 0.25) is 0 Å². The Morgan fingerprint density at radius 3 is 2.12 bits per heavy atom. The lowest BCUT2D eigenvalue weighted by molar-refractivity contribution is -0.134. The summed E-state index contributed by atoms with van der Waals surface area (Å²) in [4.78, 5) is 39.7. The monoisotopic (exact) mass is 468 g/mol. The summed E-state index contributed by atoms with van der Waals surface area (Å²) in [5.41, 5.74) is 0.950. The maximum Gasteiger partial charge on any atom is 0.408 e. The number of amides is 2. The summed E-state index contributed by atoms with van der Waals surface area (Å²) in [6.07, 6.45) is -0.742. The summed E-state index contributed by atoms with van der Waals surface area (Å²) >= 11 is 0. The van der Waals surface area contributed by atoms with E-state index < -0.39 is 29.6 Å². The van der Waals surface area contributed by atoms with Crippen molar-refractivity contribution in [1.82, 2.24) is 10.2 Å². The summed E-state index contributed by atoms with van der Waals surface area (Å²) in [5.74, 6) is -0.503. The van der Waals surface area contributed by atoms with Crippen LogP contribution in [0.1, 0.15) is 48.3 Å². The molecule has 1 N–H and O–H groups in total. The number of nitrogens with zero attached hydrogens (tertiary/aromatic N) is 1. The number of hydrogen-bond acceptors (Lipinski definition) is 6. The van der Waals surface area contributed by atoms with Gasteiger partial charge in [-0.2, -0.15) is 0 Å². The van der Waals surface area contributed by atoms with Crippen LogP contribution in [0.2, 0.25) is 0 Å². The largest absolute Gasteiger partial charge is 0.500 e. The van der Waals surface area contributed by atoms with Gasteiger partial charge in [-0.05, 0) is 44.0 Å². The van der Waals surface area contributed by atoms with E-state index in [0.717, 1.165) is 5.56 Å². The van der Waals surface area contributed by atoms with Crippen molar-refractivity contribution < 1.29 is 28.6 Å². The van der Waals surface area contributed by atoms with Gasteiger partial charge in [0.05, 0.1) is 26.3 Å². The van der Waals surface area contributed by atoms with E-state index in [9.17, 15) is 14.4 Å². The van der Waals surface area contributed by atoms with Crippen LogP contribution in [0.5, 0.6) is 0 Å². The molecule has 182 valence electrons. The highest BCUT2D eigenvalue weighted by Crippen LogP contribution is 2.21. The number of alkyl carbamates (subject to hydrolysis) is 1. The number of methoxy groups -OCH3 is 2. The first-order valence-electron chi connectivity index (χ1n) is 10.8. The number of benzene rings is 2. The average molecular weight is 469 g/mol. The lowest BCUT2D eigenvalue weighted by atomic mass is 10.0. The molecule has 0 heterocycles. The van der Waals surface area contributed by atoms with Crippen LogP contribution < -0.4 is 5.32 Å². The molecule has 0 saturated heterocycles. The third-order valence-electron chi connectivity index (χ3n) is 4.76. The molecule has 2 amide bonds. The molecule has 0 bridgehead atoms. The van der Waals surface area contributed by atoms with Gasteiger partial charge in [0.1, 0.15) is 17.4 Å². The average Bonchev–Trinajstić information content (AvgIpc) is 2.80. The van der Waals surface area contributed by atoms with Gasteiger partial charge >= 0.3 is 12.1 Å². The molecular weight excluding hydrogens is 436 g/mol. The molecule has 0 aliphatic heterocycles. The molecule has 0 aliphatic carbocycles. The molecule has 0 aromatic heterocycles. The molecule has 0 aliphatic rings. The summed E-state index contributed by atoms with van der Waals surface area (Å²) in [6, 6.07) is 14.6. The minimum absolute atomic E-state index is 0.122. The molecule has 8 nitrogen and oxygen atoms in total. The molecule has 0 radical (unpaired) electrons. The number of nitrogens with one attached hydrogen (secondary N) is 1.